The molecule has 1 heterocycles. The third-order valence-corrected chi connectivity index (χ3v) is 3.09. The zero-order valence-corrected chi connectivity index (χ0v) is 11.0. The quantitative estimate of drug-likeness (QED) is 0.710. The highest BCUT2D eigenvalue weighted by Gasteiger charge is 2.31. The van der Waals surface area contributed by atoms with Crippen molar-refractivity contribution in [1.29, 1.82) is 0 Å². The summed E-state index contributed by atoms with van der Waals surface area (Å²) in [6.07, 6.45) is 1.81. The monoisotopic (exact) mass is 263 g/mol. The van der Waals surface area contributed by atoms with Gasteiger partial charge in [0.2, 0.25) is 0 Å². The van der Waals surface area contributed by atoms with Gasteiger partial charge in [0, 0.05) is 0 Å². The number of benzene rings is 1. The van der Waals surface area contributed by atoms with Gasteiger partial charge >= 0.3 is 0 Å². The van der Waals surface area contributed by atoms with Gasteiger partial charge in [-0.25, -0.2) is 0 Å². The van der Waals surface area contributed by atoms with Gasteiger partial charge in [0.1, 0.15) is 5.66 Å². The Labute approximate surface area is 111 Å². The predicted octanol–water partition coefficient (Wildman–Crippen LogP) is 1.85. The van der Waals surface area contributed by atoms with Crippen LogP contribution in [-0.2, 0) is 5.66 Å². The molecule has 0 aliphatic carbocycles. The van der Waals surface area contributed by atoms with Crippen molar-refractivity contribution in [3.63, 3.8) is 0 Å². The Morgan fingerprint density at radius 2 is 1.65 bits per heavy atom. The lowest BCUT2D eigenvalue weighted by Crippen LogP contribution is -2.66. The van der Waals surface area contributed by atoms with Gasteiger partial charge in [-0.3, -0.25) is 0 Å². The van der Waals surface area contributed by atoms with Crippen LogP contribution in [0.15, 0.2) is 30.8 Å². The fourth-order valence-electron chi connectivity index (χ4n) is 1.75. The highest BCUT2D eigenvalue weighted by atomic mass is 32.1. The second-order valence-corrected chi connectivity index (χ2v) is 4.80. The molecule has 0 unspecified atom stereocenters. The lowest BCUT2D eigenvalue weighted by Gasteiger charge is -2.38. The molecule has 1 aliphatic rings. The fraction of sp³-hybridized carbons (Fsp3) is 0.167. The first kappa shape index (κ1) is 12.0. The molecule has 0 radical (unpaired) electrons. The molecule has 0 amide bonds. The minimum Gasteiger partial charge on any atom is -0.336 e. The Kier molecular flexibility index (Phi) is 3.13. The molecule has 2 rings (SSSR count). The van der Waals surface area contributed by atoms with Gasteiger partial charge in [0.15, 0.2) is 10.2 Å². The van der Waals surface area contributed by atoms with E-state index in [1.54, 1.807) is 0 Å². The van der Waals surface area contributed by atoms with E-state index in [1.807, 2.05) is 37.3 Å². The SMILES string of the molecule is C=Cc1ccc(C2(C)NC(=S)NC(=S)N2)cc1. The van der Waals surface area contributed by atoms with Crippen molar-refractivity contribution in [2.24, 2.45) is 0 Å². The Morgan fingerprint density at radius 3 is 2.12 bits per heavy atom. The minimum atomic E-state index is -0.473. The van der Waals surface area contributed by atoms with Crippen LogP contribution in [0.2, 0.25) is 0 Å². The van der Waals surface area contributed by atoms with Crippen LogP contribution >= 0.6 is 24.4 Å². The van der Waals surface area contributed by atoms with E-state index < -0.39 is 5.66 Å². The zero-order valence-electron chi connectivity index (χ0n) is 9.41. The van der Waals surface area contributed by atoms with Crippen LogP contribution in [0.5, 0.6) is 0 Å². The largest absolute Gasteiger partial charge is 0.336 e. The first-order valence-electron chi connectivity index (χ1n) is 5.18. The summed E-state index contributed by atoms with van der Waals surface area (Å²) in [5.41, 5.74) is 1.67. The third-order valence-electron chi connectivity index (χ3n) is 2.68. The minimum absolute atomic E-state index is 0.473. The van der Waals surface area contributed by atoms with E-state index in [4.69, 9.17) is 24.4 Å². The Morgan fingerprint density at radius 1 is 1.12 bits per heavy atom. The smallest absolute Gasteiger partial charge is 0.174 e. The Hall–Kier alpha value is -1.46. The number of nitrogens with one attached hydrogen (secondary N) is 3. The molecule has 1 aliphatic heterocycles. The highest BCUT2D eigenvalue weighted by Crippen LogP contribution is 2.20. The van der Waals surface area contributed by atoms with Crippen molar-refractivity contribution in [1.82, 2.24) is 16.0 Å². The van der Waals surface area contributed by atoms with Crippen molar-refractivity contribution in [3.05, 3.63) is 42.0 Å². The Balaban J connectivity index is 2.32. The molecule has 1 saturated heterocycles. The summed E-state index contributed by atoms with van der Waals surface area (Å²) in [6.45, 7) is 5.73. The van der Waals surface area contributed by atoms with Crippen LogP contribution in [0.1, 0.15) is 18.1 Å². The van der Waals surface area contributed by atoms with Crippen molar-refractivity contribution in [3.8, 4) is 0 Å². The second-order valence-electron chi connectivity index (χ2n) is 3.98. The average Bonchev–Trinajstić information content (AvgIpc) is 2.27. The fourth-order valence-corrected chi connectivity index (χ4v) is 2.42. The van der Waals surface area contributed by atoms with Crippen LogP contribution in [0, 0.1) is 0 Å². The first-order valence-corrected chi connectivity index (χ1v) is 5.99. The molecule has 5 heteroatoms. The maximum absolute atomic E-state index is 5.11. The molecule has 0 spiro atoms. The summed E-state index contributed by atoms with van der Waals surface area (Å²) < 4.78 is 0. The van der Waals surface area contributed by atoms with Crippen LogP contribution < -0.4 is 16.0 Å². The summed E-state index contributed by atoms with van der Waals surface area (Å²) in [5.74, 6) is 0. The molecule has 3 N–H and O–H groups in total. The summed E-state index contributed by atoms with van der Waals surface area (Å²) in [6, 6.07) is 8.05. The lowest BCUT2D eigenvalue weighted by atomic mass is 9.99. The molecular weight excluding hydrogens is 250 g/mol. The molecule has 88 valence electrons. The van der Waals surface area contributed by atoms with Gasteiger partial charge in [0.05, 0.1) is 0 Å². The molecule has 17 heavy (non-hydrogen) atoms. The predicted molar refractivity (Wildman–Crippen MR) is 78.5 cm³/mol. The molecular formula is C12H13N3S2. The topological polar surface area (TPSA) is 36.1 Å². The highest BCUT2D eigenvalue weighted by molar-refractivity contribution is 7.81. The van der Waals surface area contributed by atoms with Crippen molar-refractivity contribution in [2.45, 2.75) is 12.6 Å². The Bertz CT molecular complexity index is 463. The third kappa shape index (κ3) is 2.45. The molecule has 3 nitrogen and oxygen atoms in total. The summed E-state index contributed by atoms with van der Waals surface area (Å²) >= 11 is 10.2. The lowest BCUT2D eigenvalue weighted by molar-refractivity contribution is 0.388. The van der Waals surface area contributed by atoms with Crippen LogP contribution in [0.3, 0.4) is 0 Å². The first-order chi connectivity index (χ1) is 8.03. The summed E-state index contributed by atoms with van der Waals surface area (Å²) in [4.78, 5) is 0. The van der Waals surface area contributed by atoms with Crippen molar-refractivity contribution >= 4 is 40.7 Å². The zero-order chi connectivity index (χ0) is 12.5. The number of hydrogen-bond donors (Lipinski definition) is 3. The van der Waals surface area contributed by atoms with E-state index in [0.29, 0.717) is 10.2 Å². The normalized spacial score (nSPS) is 17.7. The van der Waals surface area contributed by atoms with Crippen LogP contribution in [0.4, 0.5) is 0 Å². The number of rotatable bonds is 2. The maximum atomic E-state index is 5.11. The van der Waals surface area contributed by atoms with E-state index >= 15 is 0 Å². The summed E-state index contributed by atoms with van der Waals surface area (Å²) in [5, 5.41) is 10.3. The van der Waals surface area contributed by atoms with Crippen molar-refractivity contribution < 1.29 is 0 Å². The van der Waals surface area contributed by atoms with Gasteiger partial charge < -0.3 is 16.0 Å². The van der Waals surface area contributed by atoms with E-state index in [-0.39, 0.29) is 0 Å². The number of thiocarbonyl (C=S) groups is 2. The van der Waals surface area contributed by atoms with Crippen LogP contribution in [-0.4, -0.2) is 10.2 Å². The van der Waals surface area contributed by atoms with E-state index in [9.17, 15) is 0 Å². The second kappa shape index (κ2) is 4.43. The van der Waals surface area contributed by atoms with Gasteiger partial charge in [-0.05, 0) is 42.5 Å². The van der Waals surface area contributed by atoms with Gasteiger partial charge in [-0.1, -0.05) is 36.9 Å². The molecule has 1 aromatic carbocycles. The maximum Gasteiger partial charge on any atom is 0.174 e. The molecule has 0 bridgehead atoms. The standard InChI is InChI=1S/C12H13N3S2/c1-3-8-4-6-9(7-5-8)12(2)14-10(16)13-11(17)15-12/h3-7H,1H2,2H3,(H3,13,14,15,16,17). The van der Waals surface area contributed by atoms with Crippen LogP contribution in [0.25, 0.3) is 6.08 Å². The van der Waals surface area contributed by atoms with Crippen molar-refractivity contribution in [2.75, 3.05) is 0 Å². The van der Waals surface area contributed by atoms with Gasteiger partial charge in [-0.2, -0.15) is 0 Å². The molecule has 0 aromatic heterocycles. The average molecular weight is 263 g/mol. The number of hydrogen-bond acceptors (Lipinski definition) is 2. The summed E-state index contributed by atoms with van der Waals surface area (Å²) in [7, 11) is 0. The molecule has 0 atom stereocenters. The van der Waals surface area contributed by atoms with E-state index in [2.05, 4.69) is 22.5 Å². The van der Waals surface area contributed by atoms with Gasteiger partial charge in [-0.15, -0.1) is 0 Å². The van der Waals surface area contributed by atoms with E-state index in [0.717, 1.165) is 11.1 Å². The van der Waals surface area contributed by atoms with E-state index in [1.165, 1.54) is 0 Å². The van der Waals surface area contributed by atoms with Gasteiger partial charge in [0.25, 0.3) is 0 Å². The molecule has 1 fully saturated rings. The molecule has 0 saturated carbocycles. The molecule has 1 aromatic rings.